The van der Waals surface area contributed by atoms with Crippen molar-refractivity contribution in [3.63, 3.8) is 0 Å². The number of rotatable bonds is 7. The highest BCUT2D eigenvalue weighted by atomic mass is 32.2. The van der Waals surface area contributed by atoms with Gasteiger partial charge >= 0.3 is 0 Å². The molecular formula is C20H24N4O6S2. The normalized spacial score (nSPS) is 17.5. The monoisotopic (exact) mass is 480 g/mol. The van der Waals surface area contributed by atoms with E-state index in [9.17, 15) is 18.0 Å². The van der Waals surface area contributed by atoms with Crippen LogP contribution in [0.2, 0.25) is 0 Å². The van der Waals surface area contributed by atoms with Crippen molar-refractivity contribution in [1.29, 1.82) is 0 Å². The van der Waals surface area contributed by atoms with Gasteiger partial charge < -0.3 is 14.8 Å². The van der Waals surface area contributed by atoms with Crippen LogP contribution < -0.4 is 15.0 Å². The van der Waals surface area contributed by atoms with Gasteiger partial charge in [-0.1, -0.05) is 0 Å². The van der Waals surface area contributed by atoms with Crippen LogP contribution >= 0.6 is 11.3 Å². The van der Waals surface area contributed by atoms with Gasteiger partial charge in [0.05, 0.1) is 43.0 Å². The van der Waals surface area contributed by atoms with E-state index in [1.165, 1.54) is 41.0 Å². The average Bonchev–Trinajstić information content (AvgIpc) is 3.42. The number of nitrogens with zero attached hydrogens (tertiary/aromatic N) is 3. The Kier molecular flexibility index (Phi) is 6.74. The first kappa shape index (κ1) is 22.6. The van der Waals surface area contributed by atoms with Gasteiger partial charge in [0.2, 0.25) is 21.8 Å². The number of aromatic nitrogens is 1. The molecule has 1 N–H and O–H groups in total. The Balaban J connectivity index is 1.48. The molecule has 12 heteroatoms. The lowest BCUT2D eigenvalue weighted by atomic mass is 10.2. The van der Waals surface area contributed by atoms with Gasteiger partial charge in [0, 0.05) is 31.4 Å². The molecule has 10 nitrogen and oxygen atoms in total. The molecule has 32 heavy (non-hydrogen) atoms. The Morgan fingerprint density at radius 1 is 1.28 bits per heavy atom. The van der Waals surface area contributed by atoms with Crippen LogP contribution in [0.3, 0.4) is 0 Å². The van der Waals surface area contributed by atoms with Crippen LogP contribution in [0.15, 0.2) is 28.5 Å². The molecule has 2 saturated heterocycles. The molecule has 1 aromatic carbocycles. The second-order valence-electron chi connectivity index (χ2n) is 7.37. The molecule has 0 spiro atoms. The summed E-state index contributed by atoms with van der Waals surface area (Å²) in [6, 6.07) is 4.37. The molecule has 3 heterocycles. The fourth-order valence-electron chi connectivity index (χ4n) is 3.59. The lowest BCUT2D eigenvalue weighted by Crippen LogP contribution is -2.40. The first-order valence-corrected chi connectivity index (χ1v) is 12.5. The molecule has 2 aliphatic rings. The summed E-state index contributed by atoms with van der Waals surface area (Å²) >= 11 is 1.32. The third kappa shape index (κ3) is 4.77. The number of carbonyl (C=O) groups excluding carboxylic acids is 2. The van der Waals surface area contributed by atoms with Gasteiger partial charge in [0.1, 0.15) is 5.75 Å². The quantitative estimate of drug-likeness (QED) is 0.638. The Morgan fingerprint density at radius 3 is 2.75 bits per heavy atom. The number of nitrogens with one attached hydrogen (secondary N) is 1. The van der Waals surface area contributed by atoms with Gasteiger partial charge in [-0.05, 0) is 24.6 Å². The second kappa shape index (κ2) is 9.53. The number of methoxy groups -OCH3 is 1. The molecule has 0 bridgehead atoms. The molecule has 0 radical (unpaired) electrons. The van der Waals surface area contributed by atoms with Gasteiger partial charge in [-0.25, -0.2) is 13.4 Å². The first-order valence-electron chi connectivity index (χ1n) is 10.2. The number of benzene rings is 1. The molecule has 0 atom stereocenters. The van der Waals surface area contributed by atoms with Crippen molar-refractivity contribution in [2.24, 2.45) is 0 Å². The molecule has 2 aliphatic heterocycles. The van der Waals surface area contributed by atoms with Crippen molar-refractivity contribution in [3.8, 4) is 5.75 Å². The minimum atomic E-state index is -3.72. The number of anilines is 2. The number of sulfonamides is 1. The maximum absolute atomic E-state index is 12.9. The van der Waals surface area contributed by atoms with Gasteiger partial charge in [-0.15, -0.1) is 11.3 Å². The number of amides is 2. The lowest BCUT2D eigenvalue weighted by Gasteiger charge is -2.26. The average molecular weight is 481 g/mol. The van der Waals surface area contributed by atoms with E-state index in [1.807, 2.05) is 0 Å². The molecule has 1 aromatic heterocycles. The largest absolute Gasteiger partial charge is 0.495 e. The van der Waals surface area contributed by atoms with E-state index in [0.717, 1.165) is 6.42 Å². The number of ether oxygens (including phenoxy) is 2. The molecular weight excluding hydrogens is 456 g/mol. The summed E-state index contributed by atoms with van der Waals surface area (Å²) in [5.74, 6) is 0.0214. The predicted octanol–water partition coefficient (Wildman–Crippen LogP) is 1.48. The summed E-state index contributed by atoms with van der Waals surface area (Å²) in [7, 11) is -2.27. The number of carbonyl (C=O) groups is 2. The number of hydrogen-bond acceptors (Lipinski definition) is 8. The van der Waals surface area contributed by atoms with Gasteiger partial charge in [-0.2, -0.15) is 4.31 Å². The van der Waals surface area contributed by atoms with Crippen molar-refractivity contribution in [3.05, 3.63) is 29.3 Å². The van der Waals surface area contributed by atoms with Crippen molar-refractivity contribution < 1.29 is 27.5 Å². The Morgan fingerprint density at radius 2 is 2.06 bits per heavy atom. The molecule has 0 unspecified atom stereocenters. The molecule has 2 aromatic rings. The summed E-state index contributed by atoms with van der Waals surface area (Å²) in [5, 5.41) is 5.06. The summed E-state index contributed by atoms with van der Waals surface area (Å²) in [6.45, 7) is 1.89. The zero-order valence-electron chi connectivity index (χ0n) is 17.6. The van der Waals surface area contributed by atoms with E-state index < -0.39 is 10.0 Å². The second-order valence-corrected chi connectivity index (χ2v) is 10.1. The Hall–Kier alpha value is -2.54. The third-order valence-corrected chi connectivity index (χ3v) is 8.05. The van der Waals surface area contributed by atoms with E-state index in [-0.39, 0.29) is 41.9 Å². The van der Waals surface area contributed by atoms with E-state index in [2.05, 4.69) is 10.3 Å². The fourth-order valence-corrected chi connectivity index (χ4v) is 5.89. The number of morpholine rings is 1. The predicted molar refractivity (Wildman–Crippen MR) is 119 cm³/mol. The highest BCUT2D eigenvalue weighted by Gasteiger charge is 2.28. The van der Waals surface area contributed by atoms with Crippen molar-refractivity contribution in [2.75, 3.05) is 50.2 Å². The summed E-state index contributed by atoms with van der Waals surface area (Å²) in [5.41, 5.74) is 0.801. The zero-order valence-corrected chi connectivity index (χ0v) is 19.2. The highest BCUT2D eigenvalue weighted by molar-refractivity contribution is 7.89. The minimum Gasteiger partial charge on any atom is -0.495 e. The summed E-state index contributed by atoms with van der Waals surface area (Å²) in [4.78, 5) is 30.6. The Labute approximate surface area is 190 Å². The number of thiazole rings is 1. The first-order chi connectivity index (χ1) is 15.4. The van der Waals surface area contributed by atoms with Crippen LogP contribution in [0.4, 0.5) is 10.8 Å². The van der Waals surface area contributed by atoms with E-state index in [4.69, 9.17) is 9.47 Å². The van der Waals surface area contributed by atoms with E-state index in [1.54, 1.807) is 10.3 Å². The van der Waals surface area contributed by atoms with Crippen molar-refractivity contribution in [1.82, 2.24) is 9.29 Å². The van der Waals surface area contributed by atoms with Crippen LogP contribution in [0.1, 0.15) is 18.5 Å². The van der Waals surface area contributed by atoms with Crippen LogP contribution in [0.25, 0.3) is 0 Å². The molecule has 2 amide bonds. The minimum absolute atomic E-state index is 0.0118. The van der Waals surface area contributed by atoms with E-state index in [0.29, 0.717) is 42.8 Å². The summed E-state index contributed by atoms with van der Waals surface area (Å²) in [6.07, 6.45) is 1.30. The topological polar surface area (TPSA) is 118 Å². The molecule has 0 saturated carbocycles. The SMILES string of the molecule is COc1ccc(S(=O)(=O)N2CCOCC2)cc1NC(=O)Cc1csc(N2CCCC2=O)n1. The van der Waals surface area contributed by atoms with Crippen LogP contribution in [0.5, 0.6) is 5.75 Å². The van der Waals surface area contributed by atoms with Gasteiger partial charge in [-0.3, -0.25) is 14.5 Å². The summed E-state index contributed by atoms with van der Waals surface area (Å²) < 4.78 is 37.8. The maximum atomic E-state index is 12.9. The lowest BCUT2D eigenvalue weighted by molar-refractivity contribution is -0.117. The van der Waals surface area contributed by atoms with Crippen LogP contribution in [-0.2, 0) is 30.8 Å². The Bertz CT molecular complexity index is 1110. The van der Waals surface area contributed by atoms with Crippen LogP contribution in [0, 0.1) is 0 Å². The third-order valence-electron chi connectivity index (χ3n) is 5.24. The van der Waals surface area contributed by atoms with E-state index >= 15 is 0 Å². The van der Waals surface area contributed by atoms with Gasteiger partial charge in [0.15, 0.2) is 5.13 Å². The fraction of sp³-hybridized carbons (Fsp3) is 0.450. The van der Waals surface area contributed by atoms with Crippen molar-refractivity contribution >= 4 is 44.0 Å². The number of hydrogen-bond donors (Lipinski definition) is 1. The standard InChI is InChI=1S/C20H24N4O6S2/c1-29-17-5-4-15(32(27,28)23-7-9-30-10-8-23)12-16(17)22-18(25)11-14-13-31-20(21-14)24-6-2-3-19(24)26/h4-5,12-13H,2-3,6-11H2,1H3,(H,22,25). The molecule has 4 rings (SSSR count). The molecule has 2 fully saturated rings. The maximum Gasteiger partial charge on any atom is 0.243 e. The molecule has 0 aliphatic carbocycles. The van der Waals surface area contributed by atoms with Crippen LogP contribution in [-0.4, -0.2) is 69.5 Å². The van der Waals surface area contributed by atoms with Crippen molar-refractivity contribution in [2.45, 2.75) is 24.2 Å². The molecule has 172 valence electrons. The zero-order chi connectivity index (χ0) is 22.7. The smallest absolute Gasteiger partial charge is 0.243 e. The van der Waals surface area contributed by atoms with Gasteiger partial charge in [0.25, 0.3) is 0 Å². The highest BCUT2D eigenvalue weighted by Crippen LogP contribution is 2.30.